The maximum absolute atomic E-state index is 13.5. The molecule has 1 aromatic heterocycles. The summed E-state index contributed by atoms with van der Waals surface area (Å²) in [6.45, 7) is 3.26. The predicted molar refractivity (Wildman–Crippen MR) is 77.6 cm³/mol. The van der Waals surface area contributed by atoms with Gasteiger partial charge in [0.15, 0.2) is 0 Å². The third kappa shape index (κ3) is 3.98. The van der Waals surface area contributed by atoms with E-state index < -0.39 is 27.8 Å². The first-order valence-electron chi connectivity index (χ1n) is 6.32. The summed E-state index contributed by atoms with van der Waals surface area (Å²) >= 11 is 0. The Hall–Kier alpha value is -2.02. The third-order valence-corrected chi connectivity index (χ3v) is 4.45. The number of carbonyl (C=O) groups excluding carboxylic acids is 1. The van der Waals surface area contributed by atoms with Crippen LogP contribution in [0.25, 0.3) is 0 Å². The zero-order valence-corrected chi connectivity index (χ0v) is 12.4. The average molecular weight is 310 g/mol. The first-order valence-corrected chi connectivity index (χ1v) is 7.70. The van der Waals surface area contributed by atoms with E-state index in [0.29, 0.717) is 11.5 Å². The second-order valence-corrected chi connectivity index (χ2v) is 6.32. The quantitative estimate of drug-likeness (QED) is 0.920. The highest BCUT2D eigenvalue weighted by Gasteiger charge is 2.22. The number of benzene rings is 1. The lowest BCUT2D eigenvalue weighted by atomic mass is 10.3. The molecular weight excluding hydrogens is 295 g/mol. The van der Waals surface area contributed by atoms with E-state index in [1.54, 1.807) is 19.1 Å². The number of para-hydroxylation sites is 1. The molecule has 0 fully saturated rings. The fraction of sp³-hybridized carbons (Fsp3) is 0.286. The number of amides is 1. The third-order valence-electron chi connectivity index (χ3n) is 2.86. The SMILES string of the molecule is Cc1cc(C[S@](=O)[C@H](C)C(=O)Nc2ccccc2F)no1. The van der Waals surface area contributed by atoms with E-state index in [4.69, 9.17) is 4.52 Å². The molecule has 5 nitrogen and oxygen atoms in total. The van der Waals surface area contributed by atoms with E-state index >= 15 is 0 Å². The molecule has 0 aliphatic carbocycles. The van der Waals surface area contributed by atoms with Crippen LogP contribution in [0, 0.1) is 12.7 Å². The molecule has 0 spiro atoms. The van der Waals surface area contributed by atoms with Crippen molar-refractivity contribution in [2.75, 3.05) is 5.32 Å². The molecule has 0 aliphatic rings. The minimum Gasteiger partial charge on any atom is -0.361 e. The van der Waals surface area contributed by atoms with Gasteiger partial charge in [-0.05, 0) is 26.0 Å². The van der Waals surface area contributed by atoms with Crippen LogP contribution in [-0.2, 0) is 21.3 Å². The highest BCUT2D eigenvalue weighted by molar-refractivity contribution is 7.85. The fourth-order valence-corrected chi connectivity index (χ4v) is 2.65. The summed E-state index contributed by atoms with van der Waals surface area (Å²) in [5.74, 6) is -0.302. The summed E-state index contributed by atoms with van der Waals surface area (Å²) in [6.07, 6.45) is 0. The Labute approximate surface area is 124 Å². The number of nitrogens with one attached hydrogen (secondary N) is 1. The normalized spacial score (nSPS) is 13.7. The number of aromatic nitrogens is 1. The van der Waals surface area contributed by atoms with Crippen molar-refractivity contribution in [3.63, 3.8) is 0 Å². The standard InChI is InChI=1S/C14H15FN2O3S/c1-9-7-11(17-20-9)8-21(19)10(2)14(18)16-13-6-4-3-5-12(13)15/h3-7,10H,8H2,1-2H3,(H,16,18)/t10-,21+/m1/s1. The van der Waals surface area contributed by atoms with E-state index in [0.717, 1.165) is 0 Å². The van der Waals surface area contributed by atoms with E-state index in [1.807, 2.05) is 0 Å². The Bertz CT molecular complexity index is 672. The lowest BCUT2D eigenvalue weighted by Gasteiger charge is -2.11. The van der Waals surface area contributed by atoms with Gasteiger partial charge in [0.1, 0.15) is 16.8 Å². The van der Waals surface area contributed by atoms with Crippen molar-refractivity contribution in [3.05, 3.63) is 47.6 Å². The molecule has 1 N–H and O–H groups in total. The van der Waals surface area contributed by atoms with Crippen LogP contribution < -0.4 is 5.32 Å². The number of nitrogens with zero attached hydrogens (tertiary/aromatic N) is 1. The Balaban J connectivity index is 1.98. The monoisotopic (exact) mass is 310 g/mol. The van der Waals surface area contributed by atoms with Crippen molar-refractivity contribution < 1.29 is 17.9 Å². The van der Waals surface area contributed by atoms with Crippen LogP contribution in [0.3, 0.4) is 0 Å². The van der Waals surface area contributed by atoms with Gasteiger partial charge in [0, 0.05) is 16.9 Å². The molecule has 0 radical (unpaired) electrons. The second kappa shape index (κ2) is 6.62. The van der Waals surface area contributed by atoms with Gasteiger partial charge in [0.25, 0.3) is 0 Å². The van der Waals surface area contributed by atoms with Gasteiger partial charge in [0.2, 0.25) is 5.91 Å². The minimum atomic E-state index is -1.47. The molecule has 7 heteroatoms. The molecule has 0 saturated heterocycles. The molecule has 0 unspecified atom stereocenters. The van der Waals surface area contributed by atoms with Gasteiger partial charge in [0.05, 0.1) is 17.1 Å². The van der Waals surface area contributed by atoms with Crippen molar-refractivity contribution in [1.29, 1.82) is 0 Å². The molecule has 112 valence electrons. The van der Waals surface area contributed by atoms with Gasteiger partial charge in [-0.1, -0.05) is 17.3 Å². The lowest BCUT2D eigenvalue weighted by molar-refractivity contribution is -0.115. The predicted octanol–water partition coefficient (Wildman–Crippen LogP) is 2.40. The van der Waals surface area contributed by atoms with Gasteiger partial charge >= 0.3 is 0 Å². The summed E-state index contributed by atoms with van der Waals surface area (Å²) in [5.41, 5.74) is 0.597. The minimum absolute atomic E-state index is 0.0728. The summed E-state index contributed by atoms with van der Waals surface area (Å²) in [6, 6.07) is 7.50. The van der Waals surface area contributed by atoms with Crippen molar-refractivity contribution in [2.24, 2.45) is 0 Å². The Morgan fingerprint density at radius 1 is 1.48 bits per heavy atom. The number of anilines is 1. The average Bonchev–Trinajstić information content (AvgIpc) is 2.85. The Kier molecular flexibility index (Phi) is 4.85. The number of halogens is 1. The highest BCUT2D eigenvalue weighted by Crippen LogP contribution is 2.14. The smallest absolute Gasteiger partial charge is 0.239 e. The number of hydrogen-bond acceptors (Lipinski definition) is 4. The molecule has 2 rings (SSSR count). The molecule has 2 aromatic rings. The molecule has 21 heavy (non-hydrogen) atoms. The van der Waals surface area contributed by atoms with Gasteiger partial charge in [-0.25, -0.2) is 4.39 Å². The molecule has 0 saturated carbocycles. The molecule has 0 aliphatic heterocycles. The van der Waals surface area contributed by atoms with Crippen LogP contribution in [-0.4, -0.2) is 20.5 Å². The highest BCUT2D eigenvalue weighted by atomic mass is 32.2. The van der Waals surface area contributed by atoms with Gasteiger partial charge in [-0.2, -0.15) is 0 Å². The van der Waals surface area contributed by atoms with Crippen molar-refractivity contribution in [2.45, 2.75) is 24.9 Å². The zero-order chi connectivity index (χ0) is 15.4. The van der Waals surface area contributed by atoms with Crippen molar-refractivity contribution >= 4 is 22.4 Å². The van der Waals surface area contributed by atoms with E-state index in [9.17, 15) is 13.4 Å². The molecule has 1 heterocycles. The van der Waals surface area contributed by atoms with Crippen LogP contribution >= 0.6 is 0 Å². The van der Waals surface area contributed by atoms with Crippen LogP contribution in [0.1, 0.15) is 18.4 Å². The first kappa shape index (κ1) is 15.4. The Morgan fingerprint density at radius 3 is 2.81 bits per heavy atom. The van der Waals surface area contributed by atoms with Crippen LogP contribution in [0.5, 0.6) is 0 Å². The number of aryl methyl sites for hydroxylation is 1. The second-order valence-electron chi connectivity index (χ2n) is 4.57. The fourth-order valence-electron chi connectivity index (χ4n) is 1.67. The zero-order valence-electron chi connectivity index (χ0n) is 11.6. The largest absolute Gasteiger partial charge is 0.361 e. The number of rotatable bonds is 5. The van der Waals surface area contributed by atoms with E-state index in [2.05, 4.69) is 10.5 Å². The maximum atomic E-state index is 13.5. The van der Waals surface area contributed by atoms with Gasteiger partial charge in [-0.3, -0.25) is 9.00 Å². The van der Waals surface area contributed by atoms with Gasteiger partial charge < -0.3 is 9.84 Å². The lowest BCUT2D eigenvalue weighted by Crippen LogP contribution is -2.30. The molecule has 0 bridgehead atoms. The molecule has 2 atom stereocenters. The van der Waals surface area contributed by atoms with Crippen molar-refractivity contribution in [3.8, 4) is 0 Å². The van der Waals surface area contributed by atoms with E-state index in [-0.39, 0.29) is 11.4 Å². The summed E-state index contributed by atoms with van der Waals surface area (Å²) in [7, 11) is -1.47. The van der Waals surface area contributed by atoms with Crippen molar-refractivity contribution in [1.82, 2.24) is 5.16 Å². The maximum Gasteiger partial charge on any atom is 0.239 e. The molecule has 1 amide bonds. The first-order chi connectivity index (χ1) is 9.97. The summed E-state index contributed by atoms with van der Waals surface area (Å²) < 4.78 is 30.4. The topological polar surface area (TPSA) is 72.2 Å². The number of carbonyl (C=O) groups is 1. The summed E-state index contributed by atoms with van der Waals surface area (Å²) in [5, 5.41) is 5.38. The van der Waals surface area contributed by atoms with Crippen LogP contribution in [0.4, 0.5) is 10.1 Å². The van der Waals surface area contributed by atoms with Gasteiger partial charge in [-0.15, -0.1) is 0 Å². The summed E-state index contributed by atoms with van der Waals surface area (Å²) in [4.78, 5) is 12.0. The Morgan fingerprint density at radius 2 is 2.19 bits per heavy atom. The van der Waals surface area contributed by atoms with E-state index in [1.165, 1.54) is 25.1 Å². The van der Waals surface area contributed by atoms with Crippen LogP contribution in [0.2, 0.25) is 0 Å². The molecular formula is C14H15FN2O3S. The number of hydrogen-bond donors (Lipinski definition) is 1. The van der Waals surface area contributed by atoms with Crippen LogP contribution in [0.15, 0.2) is 34.9 Å². The molecule has 1 aromatic carbocycles.